The summed E-state index contributed by atoms with van der Waals surface area (Å²) < 4.78 is 6.78. The van der Waals surface area contributed by atoms with Gasteiger partial charge in [0.05, 0.1) is 0 Å². The van der Waals surface area contributed by atoms with Crippen LogP contribution >= 0.6 is 0 Å². The molecule has 2 nitrogen and oxygen atoms in total. The molecule has 0 amide bonds. The van der Waals surface area contributed by atoms with E-state index in [1.54, 1.807) is 0 Å². The van der Waals surface area contributed by atoms with Gasteiger partial charge in [-0.2, -0.15) is 0 Å². The molecular formula is C39H25NO. The molecule has 7 aromatic carbocycles. The zero-order chi connectivity index (χ0) is 27.2. The third kappa shape index (κ3) is 4.00. The molecule has 41 heavy (non-hydrogen) atoms. The molecule has 0 aliphatic rings. The Kier molecular flexibility index (Phi) is 5.49. The second-order valence-electron chi connectivity index (χ2n) is 10.4. The van der Waals surface area contributed by atoms with Crippen molar-refractivity contribution >= 4 is 43.1 Å². The predicted octanol–water partition coefficient (Wildman–Crippen LogP) is 10.8. The fourth-order valence-electron chi connectivity index (χ4n) is 6.04. The van der Waals surface area contributed by atoms with Crippen LogP contribution in [0.3, 0.4) is 0 Å². The largest absolute Gasteiger partial charge is 0.456 e. The second kappa shape index (κ2) is 9.62. The van der Waals surface area contributed by atoms with E-state index in [9.17, 15) is 0 Å². The fraction of sp³-hybridized carbons (Fsp3) is 0. The van der Waals surface area contributed by atoms with Gasteiger partial charge in [-0.1, -0.05) is 115 Å². The summed E-state index contributed by atoms with van der Waals surface area (Å²) in [5.74, 6) is 1.66. The van der Waals surface area contributed by atoms with E-state index in [-0.39, 0.29) is 0 Å². The van der Waals surface area contributed by atoms with Crippen LogP contribution in [0, 0.1) is 0 Å². The average Bonchev–Trinajstić information content (AvgIpc) is 3.05. The van der Waals surface area contributed by atoms with E-state index >= 15 is 0 Å². The number of aromatic nitrogens is 1. The van der Waals surface area contributed by atoms with Gasteiger partial charge in [-0.15, -0.1) is 0 Å². The minimum absolute atomic E-state index is 0.811. The highest BCUT2D eigenvalue weighted by Crippen LogP contribution is 2.46. The number of pyridine rings is 1. The molecule has 0 N–H and O–H groups in total. The molecule has 0 radical (unpaired) electrons. The average molecular weight is 524 g/mol. The Labute approximate surface area is 238 Å². The Morgan fingerprint density at radius 1 is 0.439 bits per heavy atom. The van der Waals surface area contributed by atoms with Crippen LogP contribution in [0.4, 0.5) is 0 Å². The lowest BCUT2D eigenvalue weighted by molar-refractivity contribution is 0.494. The highest BCUT2D eigenvalue weighted by Gasteiger charge is 2.18. The van der Waals surface area contributed by atoms with Crippen LogP contribution in [0.15, 0.2) is 152 Å². The Morgan fingerprint density at radius 3 is 2.05 bits per heavy atom. The van der Waals surface area contributed by atoms with Gasteiger partial charge in [-0.3, -0.25) is 4.98 Å². The SMILES string of the molecule is c1ccc(-c2ccc3cc(Oc4c5ccccc5c(-c5cccc6ccccc56)c5cnccc45)ccc3c2)cc1. The minimum Gasteiger partial charge on any atom is -0.456 e. The van der Waals surface area contributed by atoms with Crippen LogP contribution in [0.1, 0.15) is 0 Å². The van der Waals surface area contributed by atoms with Crippen molar-refractivity contribution in [1.82, 2.24) is 4.98 Å². The molecule has 0 fully saturated rings. The van der Waals surface area contributed by atoms with Crippen molar-refractivity contribution in [3.05, 3.63) is 152 Å². The quantitative estimate of drug-likeness (QED) is 0.214. The summed E-state index contributed by atoms with van der Waals surface area (Å²) in [6.07, 6.45) is 3.82. The number of benzene rings is 7. The molecule has 1 aromatic heterocycles. The van der Waals surface area contributed by atoms with E-state index in [0.29, 0.717) is 0 Å². The molecule has 0 aliphatic heterocycles. The summed E-state index contributed by atoms with van der Waals surface area (Å²) in [6, 6.07) is 49.1. The maximum Gasteiger partial charge on any atom is 0.143 e. The zero-order valence-corrected chi connectivity index (χ0v) is 22.3. The van der Waals surface area contributed by atoms with Gasteiger partial charge in [-0.25, -0.2) is 0 Å². The monoisotopic (exact) mass is 523 g/mol. The van der Waals surface area contributed by atoms with Gasteiger partial charge in [-0.05, 0) is 73.5 Å². The molecule has 0 unspecified atom stereocenters. The number of ether oxygens (including phenoxy) is 1. The molecule has 192 valence electrons. The van der Waals surface area contributed by atoms with Gasteiger partial charge < -0.3 is 4.74 Å². The summed E-state index contributed by atoms with van der Waals surface area (Å²) in [7, 11) is 0. The van der Waals surface area contributed by atoms with Crippen LogP contribution in [-0.2, 0) is 0 Å². The van der Waals surface area contributed by atoms with Crippen molar-refractivity contribution in [2.75, 3.05) is 0 Å². The normalized spacial score (nSPS) is 11.4. The first-order valence-corrected chi connectivity index (χ1v) is 13.9. The predicted molar refractivity (Wildman–Crippen MR) is 172 cm³/mol. The van der Waals surface area contributed by atoms with Gasteiger partial charge in [0, 0.05) is 28.6 Å². The molecule has 0 aliphatic carbocycles. The molecule has 0 saturated carbocycles. The summed E-state index contributed by atoms with van der Waals surface area (Å²) in [6.45, 7) is 0. The highest BCUT2D eigenvalue weighted by atomic mass is 16.5. The van der Waals surface area contributed by atoms with Crippen LogP contribution in [0.5, 0.6) is 11.5 Å². The highest BCUT2D eigenvalue weighted by molar-refractivity contribution is 6.19. The Morgan fingerprint density at radius 2 is 1.15 bits per heavy atom. The molecule has 2 heteroatoms. The summed E-state index contributed by atoms with van der Waals surface area (Å²) in [5.41, 5.74) is 4.80. The summed E-state index contributed by atoms with van der Waals surface area (Å²) in [4.78, 5) is 4.55. The third-order valence-electron chi connectivity index (χ3n) is 7.97. The first-order valence-electron chi connectivity index (χ1n) is 13.9. The molecule has 8 aromatic rings. The van der Waals surface area contributed by atoms with E-state index in [0.717, 1.165) is 38.4 Å². The topological polar surface area (TPSA) is 22.1 Å². The van der Waals surface area contributed by atoms with Gasteiger partial charge in [0.1, 0.15) is 11.5 Å². The lowest BCUT2D eigenvalue weighted by Gasteiger charge is -2.18. The Balaban J connectivity index is 1.30. The van der Waals surface area contributed by atoms with Crippen LogP contribution in [0.2, 0.25) is 0 Å². The van der Waals surface area contributed by atoms with Crippen LogP contribution in [-0.4, -0.2) is 4.98 Å². The van der Waals surface area contributed by atoms with Crippen molar-refractivity contribution in [2.24, 2.45) is 0 Å². The van der Waals surface area contributed by atoms with Crippen LogP contribution in [0.25, 0.3) is 65.3 Å². The van der Waals surface area contributed by atoms with Crippen molar-refractivity contribution in [2.45, 2.75) is 0 Å². The number of rotatable bonds is 4. The lowest BCUT2D eigenvalue weighted by Crippen LogP contribution is -1.93. The maximum absolute atomic E-state index is 6.78. The zero-order valence-electron chi connectivity index (χ0n) is 22.3. The van der Waals surface area contributed by atoms with Crippen LogP contribution < -0.4 is 4.74 Å². The molecule has 0 bridgehead atoms. The van der Waals surface area contributed by atoms with E-state index in [1.807, 2.05) is 18.5 Å². The first-order chi connectivity index (χ1) is 20.3. The number of hydrogen-bond donors (Lipinski definition) is 0. The van der Waals surface area contributed by atoms with Gasteiger partial charge in [0.15, 0.2) is 0 Å². The van der Waals surface area contributed by atoms with Crippen molar-refractivity contribution in [3.8, 4) is 33.8 Å². The van der Waals surface area contributed by atoms with Crippen molar-refractivity contribution < 1.29 is 4.74 Å². The van der Waals surface area contributed by atoms with Crippen molar-refractivity contribution in [3.63, 3.8) is 0 Å². The molecule has 8 rings (SSSR count). The third-order valence-corrected chi connectivity index (χ3v) is 7.97. The molecule has 1 heterocycles. The maximum atomic E-state index is 6.78. The summed E-state index contributed by atoms with van der Waals surface area (Å²) in [5, 5.41) is 9.11. The van der Waals surface area contributed by atoms with E-state index < -0.39 is 0 Å². The molecule has 0 saturated heterocycles. The van der Waals surface area contributed by atoms with Crippen molar-refractivity contribution in [1.29, 1.82) is 0 Å². The Bertz CT molecular complexity index is 2170. The van der Waals surface area contributed by atoms with Gasteiger partial charge in [0.2, 0.25) is 0 Å². The number of hydrogen-bond acceptors (Lipinski definition) is 2. The standard InChI is InChI=1S/C39H25NO/c1-2-9-26(10-3-1)28-17-18-30-24-31(20-19-29(30)23-28)41-39-35-15-7-6-14-34(35)38(37-25-40-22-21-36(37)39)33-16-8-12-27-11-4-5-13-32(27)33/h1-25H. The number of nitrogens with zero attached hydrogens (tertiary/aromatic N) is 1. The minimum atomic E-state index is 0.811. The molecule has 0 spiro atoms. The molecule has 0 atom stereocenters. The fourth-order valence-corrected chi connectivity index (χ4v) is 6.04. The lowest BCUT2D eigenvalue weighted by atomic mass is 9.89. The van der Waals surface area contributed by atoms with Gasteiger partial charge in [0.25, 0.3) is 0 Å². The Hall–Kier alpha value is -5.47. The summed E-state index contributed by atoms with van der Waals surface area (Å²) >= 11 is 0. The number of fused-ring (bicyclic) bond motifs is 4. The molecular weight excluding hydrogens is 498 g/mol. The van der Waals surface area contributed by atoms with E-state index in [2.05, 4.69) is 138 Å². The second-order valence-corrected chi connectivity index (χ2v) is 10.4. The first kappa shape index (κ1) is 23.4. The van der Waals surface area contributed by atoms with E-state index in [1.165, 1.54) is 38.4 Å². The van der Waals surface area contributed by atoms with Gasteiger partial charge >= 0.3 is 0 Å². The van der Waals surface area contributed by atoms with E-state index in [4.69, 9.17) is 4.74 Å². The smallest absolute Gasteiger partial charge is 0.143 e.